The Morgan fingerprint density at radius 2 is 2.00 bits per heavy atom. The summed E-state index contributed by atoms with van der Waals surface area (Å²) >= 11 is 0. The van der Waals surface area contributed by atoms with Gasteiger partial charge in [0.1, 0.15) is 0 Å². The lowest BCUT2D eigenvalue weighted by Gasteiger charge is -2.42. The molecule has 150 valence electrons. The van der Waals surface area contributed by atoms with Crippen molar-refractivity contribution in [1.29, 1.82) is 0 Å². The maximum atomic E-state index is 12.5. The molecule has 1 aliphatic carbocycles. The molecule has 1 heterocycles. The molecule has 0 unspecified atom stereocenters. The SMILES string of the molecule is CCN(CC(=O)O)C1CC(NC(=O)NCc2cc3ccccc3n(C)c2=O)C1. The normalized spacial score (nSPS) is 18.7. The van der Waals surface area contributed by atoms with Crippen LogP contribution < -0.4 is 16.2 Å². The van der Waals surface area contributed by atoms with Crippen LogP contribution in [0.1, 0.15) is 25.3 Å². The van der Waals surface area contributed by atoms with Crippen LogP contribution in [0.2, 0.25) is 0 Å². The van der Waals surface area contributed by atoms with Gasteiger partial charge in [-0.25, -0.2) is 4.79 Å². The molecule has 3 rings (SSSR count). The van der Waals surface area contributed by atoms with E-state index in [-0.39, 0.29) is 36.8 Å². The number of aliphatic carboxylic acids is 1. The molecule has 0 saturated heterocycles. The predicted octanol–water partition coefficient (Wildman–Crippen LogP) is 1.28. The molecule has 28 heavy (non-hydrogen) atoms. The van der Waals surface area contributed by atoms with Gasteiger partial charge in [-0.05, 0) is 36.9 Å². The number of nitrogens with zero attached hydrogens (tertiary/aromatic N) is 2. The fourth-order valence-corrected chi connectivity index (χ4v) is 3.70. The Balaban J connectivity index is 1.52. The van der Waals surface area contributed by atoms with E-state index in [0.29, 0.717) is 12.1 Å². The van der Waals surface area contributed by atoms with E-state index >= 15 is 0 Å². The van der Waals surface area contributed by atoms with Crippen LogP contribution in [0.5, 0.6) is 0 Å². The summed E-state index contributed by atoms with van der Waals surface area (Å²) in [5.41, 5.74) is 1.25. The van der Waals surface area contributed by atoms with Crippen molar-refractivity contribution in [1.82, 2.24) is 20.1 Å². The first-order valence-electron chi connectivity index (χ1n) is 9.47. The highest BCUT2D eigenvalue weighted by Crippen LogP contribution is 2.25. The summed E-state index contributed by atoms with van der Waals surface area (Å²) in [6.45, 7) is 2.77. The Hall–Kier alpha value is -2.87. The summed E-state index contributed by atoms with van der Waals surface area (Å²) < 4.78 is 1.59. The first-order valence-corrected chi connectivity index (χ1v) is 9.47. The number of carbonyl (C=O) groups excluding carboxylic acids is 1. The van der Waals surface area contributed by atoms with Gasteiger partial charge in [-0.3, -0.25) is 14.5 Å². The van der Waals surface area contributed by atoms with Crippen LogP contribution in [-0.2, 0) is 18.4 Å². The van der Waals surface area contributed by atoms with Gasteiger partial charge in [-0.2, -0.15) is 0 Å². The number of rotatable bonds is 7. The van der Waals surface area contributed by atoms with Gasteiger partial charge in [0.05, 0.1) is 12.1 Å². The van der Waals surface area contributed by atoms with E-state index in [2.05, 4.69) is 10.6 Å². The standard InChI is InChI=1S/C20H26N4O4/c1-3-24(12-18(25)26)16-9-15(10-16)22-20(28)21-11-14-8-13-6-4-5-7-17(13)23(2)19(14)27/h4-8,15-16H,3,9-12H2,1-2H3,(H,25,26)(H2,21,22,28). The Bertz CT molecular complexity index is 933. The van der Waals surface area contributed by atoms with Gasteiger partial charge in [-0.15, -0.1) is 0 Å². The summed E-state index contributed by atoms with van der Waals surface area (Å²) in [5.74, 6) is -0.840. The Kier molecular flexibility index (Phi) is 5.99. The van der Waals surface area contributed by atoms with E-state index in [1.807, 2.05) is 42.2 Å². The number of carbonyl (C=O) groups is 2. The van der Waals surface area contributed by atoms with Crippen molar-refractivity contribution < 1.29 is 14.7 Å². The van der Waals surface area contributed by atoms with E-state index < -0.39 is 5.97 Å². The summed E-state index contributed by atoms with van der Waals surface area (Å²) in [6, 6.07) is 9.30. The largest absolute Gasteiger partial charge is 0.480 e. The van der Waals surface area contributed by atoms with Gasteiger partial charge >= 0.3 is 12.0 Å². The van der Waals surface area contributed by atoms with Gasteiger partial charge in [0.2, 0.25) is 0 Å². The van der Waals surface area contributed by atoms with Crippen LogP contribution in [0.25, 0.3) is 10.9 Å². The number of carboxylic acid groups (broad SMARTS) is 1. The third kappa shape index (κ3) is 4.33. The molecule has 3 N–H and O–H groups in total. The maximum Gasteiger partial charge on any atom is 0.317 e. The van der Waals surface area contributed by atoms with Crippen molar-refractivity contribution >= 4 is 22.9 Å². The first-order chi connectivity index (χ1) is 13.4. The molecular formula is C20H26N4O4. The summed E-state index contributed by atoms with van der Waals surface area (Å²) in [7, 11) is 1.72. The predicted molar refractivity (Wildman–Crippen MR) is 106 cm³/mol. The molecule has 2 amide bonds. The number of hydrogen-bond acceptors (Lipinski definition) is 4. The monoisotopic (exact) mass is 386 g/mol. The molecule has 0 radical (unpaired) electrons. The molecule has 1 saturated carbocycles. The lowest BCUT2D eigenvalue weighted by molar-refractivity contribution is -0.139. The molecule has 8 heteroatoms. The van der Waals surface area contributed by atoms with E-state index in [0.717, 1.165) is 23.7 Å². The summed E-state index contributed by atoms with van der Waals surface area (Å²) in [4.78, 5) is 37.4. The fraction of sp³-hybridized carbons (Fsp3) is 0.450. The second-order valence-corrected chi connectivity index (χ2v) is 7.20. The molecule has 1 aromatic heterocycles. The van der Waals surface area contributed by atoms with Crippen molar-refractivity contribution in [2.24, 2.45) is 7.05 Å². The van der Waals surface area contributed by atoms with Crippen LogP contribution in [-0.4, -0.2) is 51.7 Å². The highest BCUT2D eigenvalue weighted by molar-refractivity contribution is 5.80. The zero-order valence-electron chi connectivity index (χ0n) is 16.1. The number of hydrogen-bond donors (Lipinski definition) is 3. The smallest absolute Gasteiger partial charge is 0.317 e. The number of benzene rings is 1. The summed E-state index contributed by atoms with van der Waals surface area (Å²) in [5, 5.41) is 15.5. The highest BCUT2D eigenvalue weighted by Gasteiger charge is 2.34. The fourth-order valence-electron chi connectivity index (χ4n) is 3.70. The minimum Gasteiger partial charge on any atom is -0.480 e. The number of fused-ring (bicyclic) bond motifs is 1. The van der Waals surface area contributed by atoms with Crippen molar-refractivity contribution in [2.45, 2.75) is 38.4 Å². The molecular weight excluding hydrogens is 360 g/mol. The first kappa shape index (κ1) is 19.9. The topological polar surface area (TPSA) is 104 Å². The van der Waals surface area contributed by atoms with Gasteiger partial charge in [0, 0.05) is 31.2 Å². The number of pyridine rings is 1. The van der Waals surface area contributed by atoms with E-state index in [1.165, 1.54) is 0 Å². The molecule has 1 aliphatic rings. The average molecular weight is 386 g/mol. The quantitative estimate of drug-likeness (QED) is 0.665. The van der Waals surface area contributed by atoms with E-state index in [4.69, 9.17) is 5.11 Å². The molecule has 1 aromatic carbocycles. The Morgan fingerprint density at radius 1 is 1.29 bits per heavy atom. The number of urea groups is 1. The van der Waals surface area contributed by atoms with Gasteiger partial charge in [-0.1, -0.05) is 25.1 Å². The number of para-hydroxylation sites is 1. The second kappa shape index (κ2) is 8.43. The minimum absolute atomic E-state index is 0.0192. The van der Waals surface area contributed by atoms with Crippen LogP contribution in [0.3, 0.4) is 0 Å². The molecule has 0 bridgehead atoms. The molecule has 2 aromatic rings. The van der Waals surface area contributed by atoms with Crippen LogP contribution in [0.4, 0.5) is 4.79 Å². The van der Waals surface area contributed by atoms with Crippen molar-refractivity contribution in [3.63, 3.8) is 0 Å². The average Bonchev–Trinajstić information content (AvgIpc) is 2.64. The van der Waals surface area contributed by atoms with E-state index in [1.54, 1.807) is 11.6 Å². The van der Waals surface area contributed by atoms with Crippen molar-refractivity contribution in [3.05, 3.63) is 46.2 Å². The number of amides is 2. The Labute approximate surface area is 163 Å². The lowest BCUT2D eigenvalue weighted by Crippen LogP contribution is -2.56. The van der Waals surface area contributed by atoms with Crippen LogP contribution in [0.15, 0.2) is 35.1 Å². The second-order valence-electron chi connectivity index (χ2n) is 7.20. The van der Waals surface area contributed by atoms with Gasteiger partial charge < -0.3 is 20.3 Å². The number of aromatic nitrogens is 1. The van der Waals surface area contributed by atoms with E-state index in [9.17, 15) is 14.4 Å². The van der Waals surface area contributed by atoms with Crippen molar-refractivity contribution in [3.8, 4) is 0 Å². The maximum absolute atomic E-state index is 12.5. The highest BCUT2D eigenvalue weighted by atomic mass is 16.4. The molecule has 0 spiro atoms. The Morgan fingerprint density at radius 3 is 2.68 bits per heavy atom. The van der Waals surface area contributed by atoms with Gasteiger partial charge in [0.15, 0.2) is 0 Å². The zero-order chi connectivity index (χ0) is 20.3. The molecule has 0 aliphatic heterocycles. The van der Waals surface area contributed by atoms with Crippen LogP contribution >= 0.6 is 0 Å². The third-order valence-electron chi connectivity index (χ3n) is 5.36. The lowest BCUT2D eigenvalue weighted by atomic mass is 9.85. The number of carboxylic acids is 1. The molecule has 0 atom stereocenters. The number of aryl methyl sites for hydroxylation is 1. The molecule has 1 fully saturated rings. The molecule has 8 nitrogen and oxygen atoms in total. The van der Waals surface area contributed by atoms with Gasteiger partial charge in [0.25, 0.3) is 5.56 Å². The van der Waals surface area contributed by atoms with Crippen molar-refractivity contribution in [2.75, 3.05) is 13.1 Å². The zero-order valence-corrected chi connectivity index (χ0v) is 16.1. The van der Waals surface area contributed by atoms with Crippen LogP contribution in [0, 0.1) is 0 Å². The number of likely N-dealkylation sites (N-methyl/N-ethyl adjacent to an activating group) is 1. The minimum atomic E-state index is -0.840. The third-order valence-corrected chi connectivity index (χ3v) is 5.36. The number of nitrogens with one attached hydrogen (secondary N) is 2. The summed E-state index contributed by atoms with van der Waals surface area (Å²) in [6.07, 6.45) is 1.46.